The van der Waals surface area contributed by atoms with E-state index >= 15 is 0 Å². The van der Waals surface area contributed by atoms with Crippen molar-refractivity contribution >= 4 is 16.9 Å². The van der Waals surface area contributed by atoms with Gasteiger partial charge in [-0.15, -0.1) is 0 Å². The molecular formula is C28H29N3O4. The summed E-state index contributed by atoms with van der Waals surface area (Å²) >= 11 is 0. The van der Waals surface area contributed by atoms with Gasteiger partial charge < -0.3 is 9.84 Å². The standard InChI is InChI=1S/C28H29N3O4/c1-3-25(28(33)34)31(17-20-9-5-4-6-10-20)18-21-13-15-22(16-14-21)35-19-26-29-24-12-8-7-11-23(24)27(32)30(26)2/h4-16,25H,3,17-19H2,1-2H3,(H,33,34). The highest BCUT2D eigenvalue weighted by Gasteiger charge is 2.24. The molecule has 0 aliphatic heterocycles. The number of nitrogens with zero attached hydrogens (tertiary/aromatic N) is 3. The fourth-order valence-corrected chi connectivity index (χ4v) is 4.15. The molecule has 35 heavy (non-hydrogen) atoms. The van der Waals surface area contributed by atoms with Crippen molar-refractivity contribution < 1.29 is 14.6 Å². The van der Waals surface area contributed by atoms with Gasteiger partial charge in [0.05, 0.1) is 10.9 Å². The third kappa shape index (κ3) is 5.75. The minimum absolute atomic E-state index is 0.105. The first-order valence-corrected chi connectivity index (χ1v) is 11.6. The van der Waals surface area contributed by atoms with Gasteiger partial charge in [-0.3, -0.25) is 19.1 Å². The fourth-order valence-electron chi connectivity index (χ4n) is 4.15. The number of aliphatic carboxylic acids is 1. The van der Waals surface area contributed by atoms with Crippen LogP contribution in [0.25, 0.3) is 10.9 Å². The summed E-state index contributed by atoms with van der Waals surface area (Å²) in [6.45, 7) is 3.10. The Bertz CT molecular complexity index is 1350. The molecule has 1 heterocycles. The molecule has 1 N–H and O–H groups in total. The Morgan fingerprint density at radius 2 is 1.60 bits per heavy atom. The van der Waals surface area contributed by atoms with Crippen LogP contribution in [0.3, 0.4) is 0 Å². The number of carboxylic acids is 1. The van der Waals surface area contributed by atoms with Gasteiger partial charge in [0, 0.05) is 20.1 Å². The molecule has 0 saturated carbocycles. The van der Waals surface area contributed by atoms with Gasteiger partial charge in [0.25, 0.3) is 5.56 Å². The molecule has 0 amide bonds. The Morgan fingerprint density at radius 1 is 0.971 bits per heavy atom. The molecule has 0 radical (unpaired) electrons. The Kier molecular flexibility index (Phi) is 7.57. The fraction of sp³-hybridized carbons (Fsp3) is 0.250. The summed E-state index contributed by atoms with van der Waals surface area (Å²) in [4.78, 5) is 31.0. The van der Waals surface area contributed by atoms with Crippen LogP contribution in [-0.2, 0) is 31.5 Å². The number of fused-ring (bicyclic) bond motifs is 1. The van der Waals surface area contributed by atoms with E-state index in [-0.39, 0.29) is 12.2 Å². The maximum absolute atomic E-state index is 12.6. The van der Waals surface area contributed by atoms with Crippen LogP contribution in [-0.4, -0.2) is 31.6 Å². The molecule has 0 fully saturated rings. The first kappa shape index (κ1) is 24.2. The normalized spacial score (nSPS) is 12.1. The van der Waals surface area contributed by atoms with Gasteiger partial charge in [-0.1, -0.05) is 61.5 Å². The minimum Gasteiger partial charge on any atom is -0.486 e. The van der Waals surface area contributed by atoms with E-state index in [0.717, 1.165) is 11.1 Å². The molecule has 7 nitrogen and oxygen atoms in total. The van der Waals surface area contributed by atoms with Crippen LogP contribution >= 0.6 is 0 Å². The molecule has 0 aliphatic rings. The van der Waals surface area contributed by atoms with Crippen molar-refractivity contribution in [2.75, 3.05) is 0 Å². The molecule has 7 heteroatoms. The molecule has 4 rings (SSSR count). The number of aromatic nitrogens is 2. The van der Waals surface area contributed by atoms with Crippen LogP contribution in [0.2, 0.25) is 0 Å². The van der Waals surface area contributed by atoms with Gasteiger partial charge >= 0.3 is 5.97 Å². The summed E-state index contributed by atoms with van der Waals surface area (Å²) in [7, 11) is 1.69. The van der Waals surface area contributed by atoms with Crippen LogP contribution in [0.15, 0.2) is 83.7 Å². The molecule has 0 bridgehead atoms. The SMILES string of the molecule is CCC(C(=O)O)N(Cc1ccccc1)Cc1ccc(OCc2nc3ccccc3c(=O)n2C)cc1. The summed E-state index contributed by atoms with van der Waals surface area (Å²) in [6, 6.07) is 24.2. The van der Waals surface area contributed by atoms with Crippen LogP contribution in [0.5, 0.6) is 5.75 Å². The largest absolute Gasteiger partial charge is 0.486 e. The zero-order valence-corrected chi connectivity index (χ0v) is 19.9. The lowest BCUT2D eigenvalue weighted by Gasteiger charge is -2.28. The highest BCUT2D eigenvalue weighted by molar-refractivity contribution is 5.77. The van der Waals surface area contributed by atoms with E-state index in [1.807, 2.05) is 84.6 Å². The van der Waals surface area contributed by atoms with Crippen LogP contribution in [0, 0.1) is 0 Å². The number of rotatable bonds is 10. The summed E-state index contributed by atoms with van der Waals surface area (Å²) in [5, 5.41) is 10.3. The molecule has 3 aromatic carbocycles. The van der Waals surface area contributed by atoms with Crippen molar-refractivity contribution in [3.8, 4) is 5.75 Å². The van der Waals surface area contributed by atoms with Gasteiger partial charge in [-0.25, -0.2) is 4.98 Å². The summed E-state index contributed by atoms with van der Waals surface area (Å²) < 4.78 is 7.42. The van der Waals surface area contributed by atoms with Crippen LogP contribution < -0.4 is 10.3 Å². The van der Waals surface area contributed by atoms with Crippen LogP contribution in [0.4, 0.5) is 0 Å². The highest BCUT2D eigenvalue weighted by Crippen LogP contribution is 2.19. The lowest BCUT2D eigenvalue weighted by Crippen LogP contribution is -2.39. The van der Waals surface area contributed by atoms with Gasteiger partial charge in [0.2, 0.25) is 0 Å². The van der Waals surface area contributed by atoms with Crippen molar-refractivity contribution in [2.24, 2.45) is 7.05 Å². The molecule has 0 aliphatic carbocycles. The number of carbonyl (C=O) groups is 1. The summed E-state index contributed by atoms with van der Waals surface area (Å²) in [5.41, 5.74) is 2.60. The van der Waals surface area contributed by atoms with E-state index in [9.17, 15) is 14.7 Å². The average molecular weight is 472 g/mol. The zero-order valence-electron chi connectivity index (χ0n) is 19.9. The third-order valence-corrected chi connectivity index (χ3v) is 6.09. The van der Waals surface area contributed by atoms with Gasteiger partial charge in [-0.05, 0) is 41.8 Å². The molecule has 1 atom stereocenters. The van der Waals surface area contributed by atoms with Crippen molar-refractivity contribution in [3.63, 3.8) is 0 Å². The topological polar surface area (TPSA) is 84.7 Å². The lowest BCUT2D eigenvalue weighted by molar-refractivity contribution is -0.144. The molecule has 1 aromatic heterocycles. The van der Waals surface area contributed by atoms with E-state index in [0.29, 0.717) is 42.0 Å². The van der Waals surface area contributed by atoms with E-state index in [1.165, 1.54) is 4.57 Å². The second kappa shape index (κ2) is 11.0. The second-order valence-electron chi connectivity index (χ2n) is 8.49. The predicted octanol–water partition coefficient (Wildman–Crippen LogP) is 4.38. The third-order valence-electron chi connectivity index (χ3n) is 6.09. The van der Waals surface area contributed by atoms with Gasteiger partial charge in [0.1, 0.15) is 24.2 Å². The van der Waals surface area contributed by atoms with E-state index < -0.39 is 12.0 Å². The summed E-state index contributed by atoms with van der Waals surface area (Å²) in [5.74, 6) is 0.368. The smallest absolute Gasteiger partial charge is 0.320 e. The van der Waals surface area contributed by atoms with E-state index in [2.05, 4.69) is 4.98 Å². The van der Waals surface area contributed by atoms with E-state index in [1.54, 1.807) is 13.1 Å². The Morgan fingerprint density at radius 3 is 2.26 bits per heavy atom. The zero-order chi connectivity index (χ0) is 24.8. The maximum Gasteiger partial charge on any atom is 0.320 e. The highest BCUT2D eigenvalue weighted by atomic mass is 16.5. The van der Waals surface area contributed by atoms with Crippen molar-refractivity contribution in [3.05, 3.63) is 106 Å². The maximum atomic E-state index is 12.6. The summed E-state index contributed by atoms with van der Waals surface area (Å²) in [6.07, 6.45) is 0.515. The number of benzene rings is 3. The number of hydrogen-bond acceptors (Lipinski definition) is 5. The quantitative estimate of drug-likeness (QED) is 0.370. The average Bonchev–Trinajstić information content (AvgIpc) is 2.87. The van der Waals surface area contributed by atoms with Crippen molar-refractivity contribution in [1.29, 1.82) is 0 Å². The monoisotopic (exact) mass is 471 g/mol. The number of hydrogen-bond donors (Lipinski definition) is 1. The molecule has 4 aromatic rings. The van der Waals surface area contributed by atoms with E-state index in [4.69, 9.17) is 4.74 Å². The predicted molar refractivity (Wildman–Crippen MR) is 135 cm³/mol. The number of para-hydroxylation sites is 1. The second-order valence-corrected chi connectivity index (χ2v) is 8.49. The molecular weight excluding hydrogens is 442 g/mol. The first-order valence-electron chi connectivity index (χ1n) is 11.6. The van der Waals surface area contributed by atoms with Crippen LogP contribution in [0.1, 0.15) is 30.3 Å². The minimum atomic E-state index is -0.822. The van der Waals surface area contributed by atoms with Crippen molar-refractivity contribution in [2.45, 2.75) is 39.1 Å². The molecule has 0 saturated heterocycles. The van der Waals surface area contributed by atoms with Gasteiger partial charge in [-0.2, -0.15) is 0 Å². The number of carboxylic acid groups (broad SMARTS) is 1. The van der Waals surface area contributed by atoms with Gasteiger partial charge in [0.15, 0.2) is 0 Å². The molecule has 0 spiro atoms. The Balaban J connectivity index is 1.46. The Hall–Kier alpha value is -3.97. The lowest BCUT2D eigenvalue weighted by atomic mass is 10.1. The van der Waals surface area contributed by atoms with Crippen molar-refractivity contribution in [1.82, 2.24) is 14.5 Å². The first-order chi connectivity index (χ1) is 17.0. The Labute approximate surface area is 204 Å². The molecule has 180 valence electrons. The molecule has 1 unspecified atom stereocenters. The number of ether oxygens (including phenoxy) is 1.